The number of hydrogen-bond acceptors (Lipinski definition) is 4. The molecular weight excluding hydrogens is 366 g/mol. The van der Waals surface area contributed by atoms with Crippen molar-refractivity contribution in [2.24, 2.45) is 0 Å². The zero-order valence-electron chi connectivity index (χ0n) is 16.2. The molecule has 0 N–H and O–H groups in total. The van der Waals surface area contributed by atoms with Gasteiger partial charge >= 0.3 is 0 Å². The van der Waals surface area contributed by atoms with Gasteiger partial charge in [0.2, 0.25) is 0 Å². The van der Waals surface area contributed by atoms with Gasteiger partial charge in [0.1, 0.15) is 0 Å². The van der Waals surface area contributed by atoms with Crippen molar-refractivity contribution in [2.75, 3.05) is 32.4 Å². The van der Waals surface area contributed by atoms with Gasteiger partial charge < -0.3 is 4.90 Å². The van der Waals surface area contributed by atoms with Crippen molar-refractivity contribution in [3.63, 3.8) is 0 Å². The number of rotatable bonds is 4. The van der Waals surface area contributed by atoms with Crippen LogP contribution < -0.4 is 0 Å². The molecule has 1 saturated heterocycles. The quantitative estimate of drug-likeness (QED) is 0.621. The number of thioether (sulfide) groups is 1. The number of pyridine rings is 1. The Morgan fingerprint density at radius 2 is 1.89 bits per heavy atom. The molecule has 1 fully saturated rings. The van der Waals surface area contributed by atoms with Crippen LogP contribution in [0.5, 0.6) is 0 Å². The molecule has 5 heteroatoms. The fourth-order valence-electron chi connectivity index (χ4n) is 3.81. The summed E-state index contributed by atoms with van der Waals surface area (Å²) in [5.41, 5.74) is 2.84. The topological polar surface area (TPSA) is 36.4 Å². The van der Waals surface area contributed by atoms with E-state index < -0.39 is 0 Å². The molecule has 4 rings (SSSR count). The molecular formula is C23H25N3OS. The molecule has 0 saturated carbocycles. The standard InChI is InChI=1S/C23H25N3OS/c1-28-20-9-2-6-18(16-20)17-25-12-5-13-26(15-14-25)23(27)21-10-3-7-19-8-4-11-24-22(19)21/h2-4,6-11,16H,5,12-15,17H2,1H3. The maximum Gasteiger partial charge on any atom is 0.256 e. The molecule has 0 bridgehead atoms. The first kappa shape index (κ1) is 19.0. The molecule has 1 aliphatic rings. The first-order chi connectivity index (χ1) is 13.7. The van der Waals surface area contributed by atoms with Crippen molar-refractivity contribution in [3.05, 3.63) is 71.9 Å². The number of nitrogens with zero attached hydrogens (tertiary/aromatic N) is 3. The third kappa shape index (κ3) is 4.21. The van der Waals surface area contributed by atoms with Crippen LogP contribution in [0.25, 0.3) is 10.9 Å². The predicted octanol–water partition coefficient (Wildman–Crippen LogP) is 4.30. The fourth-order valence-corrected chi connectivity index (χ4v) is 4.29. The van der Waals surface area contributed by atoms with E-state index in [1.807, 2.05) is 35.2 Å². The van der Waals surface area contributed by atoms with Crippen LogP contribution in [0.2, 0.25) is 0 Å². The zero-order chi connectivity index (χ0) is 19.3. The summed E-state index contributed by atoms with van der Waals surface area (Å²) in [5, 5.41) is 1.01. The number of carbonyl (C=O) groups is 1. The van der Waals surface area contributed by atoms with Gasteiger partial charge in [0.15, 0.2) is 0 Å². The Labute approximate surface area is 170 Å². The van der Waals surface area contributed by atoms with E-state index in [1.54, 1.807) is 18.0 Å². The van der Waals surface area contributed by atoms with E-state index in [0.717, 1.165) is 50.0 Å². The van der Waals surface area contributed by atoms with E-state index >= 15 is 0 Å². The van der Waals surface area contributed by atoms with Crippen molar-refractivity contribution in [3.8, 4) is 0 Å². The number of hydrogen-bond donors (Lipinski definition) is 0. The summed E-state index contributed by atoms with van der Waals surface area (Å²) in [6, 6.07) is 18.5. The van der Waals surface area contributed by atoms with Gasteiger partial charge in [0, 0.05) is 49.2 Å². The molecule has 1 aromatic heterocycles. The van der Waals surface area contributed by atoms with Crippen LogP contribution in [-0.4, -0.2) is 53.1 Å². The molecule has 0 radical (unpaired) electrons. The Morgan fingerprint density at radius 3 is 2.79 bits per heavy atom. The molecule has 2 aromatic carbocycles. The van der Waals surface area contributed by atoms with Crippen LogP contribution in [0.4, 0.5) is 0 Å². The minimum atomic E-state index is 0.0931. The summed E-state index contributed by atoms with van der Waals surface area (Å²) in [6.45, 7) is 4.40. The Kier molecular flexibility index (Phi) is 5.93. The normalized spacial score (nSPS) is 15.5. The molecule has 0 atom stereocenters. The summed E-state index contributed by atoms with van der Waals surface area (Å²) >= 11 is 1.77. The minimum Gasteiger partial charge on any atom is -0.337 e. The third-order valence-electron chi connectivity index (χ3n) is 5.28. The van der Waals surface area contributed by atoms with E-state index in [-0.39, 0.29) is 5.91 Å². The van der Waals surface area contributed by atoms with Crippen molar-refractivity contribution < 1.29 is 4.79 Å². The van der Waals surface area contributed by atoms with Crippen LogP contribution in [0.1, 0.15) is 22.3 Å². The number of para-hydroxylation sites is 1. The van der Waals surface area contributed by atoms with Gasteiger partial charge in [-0.3, -0.25) is 14.7 Å². The fraction of sp³-hybridized carbons (Fsp3) is 0.304. The van der Waals surface area contributed by atoms with E-state index in [4.69, 9.17) is 0 Å². The predicted molar refractivity (Wildman–Crippen MR) is 116 cm³/mol. The van der Waals surface area contributed by atoms with E-state index in [0.29, 0.717) is 5.56 Å². The Hall–Kier alpha value is -2.37. The lowest BCUT2D eigenvalue weighted by molar-refractivity contribution is 0.0763. The largest absolute Gasteiger partial charge is 0.337 e. The van der Waals surface area contributed by atoms with Gasteiger partial charge in [-0.25, -0.2) is 0 Å². The first-order valence-corrected chi connectivity index (χ1v) is 11.0. The van der Waals surface area contributed by atoms with Crippen molar-refractivity contribution in [2.45, 2.75) is 17.9 Å². The average Bonchev–Trinajstić information content (AvgIpc) is 2.98. The summed E-state index contributed by atoms with van der Waals surface area (Å²) < 4.78 is 0. The van der Waals surface area contributed by atoms with Crippen molar-refractivity contribution in [1.29, 1.82) is 0 Å². The van der Waals surface area contributed by atoms with Gasteiger partial charge in [-0.05, 0) is 42.5 Å². The monoisotopic (exact) mass is 391 g/mol. The second kappa shape index (κ2) is 8.76. The smallest absolute Gasteiger partial charge is 0.256 e. The third-order valence-corrected chi connectivity index (χ3v) is 6.00. The highest BCUT2D eigenvalue weighted by atomic mass is 32.2. The molecule has 3 aromatic rings. The van der Waals surface area contributed by atoms with Crippen LogP contribution in [0.3, 0.4) is 0 Å². The highest BCUT2D eigenvalue weighted by Crippen LogP contribution is 2.20. The summed E-state index contributed by atoms with van der Waals surface area (Å²) in [5.74, 6) is 0.0931. The van der Waals surface area contributed by atoms with Crippen LogP contribution >= 0.6 is 11.8 Å². The molecule has 28 heavy (non-hydrogen) atoms. The number of carbonyl (C=O) groups excluding carboxylic acids is 1. The molecule has 144 valence electrons. The summed E-state index contributed by atoms with van der Waals surface area (Å²) in [7, 11) is 0. The molecule has 0 unspecified atom stereocenters. The van der Waals surface area contributed by atoms with Crippen LogP contribution in [-0.2, 0) is 6.54 Å². The van der Waals surface area contributed by atoms with Gasteiger partial charge in [-0.15, -0.1) is 11.8 Å². The minimum absolute atomic E-state index is 0.0931. The molecule has 0 spiro atoms. The number of benzene rings is 2. The molecule has 4 nitrogen and oxygen atoms in total. The van der Waals surface area contributed by atoms with Crippen LogP contribution in [0, 0.1) is 0 Å². The molecule has 0 aliphatic carbocycles. The maximum absolute atomic E-state index is 13.2. The lowest BCUT2D eigenvalue weighted by Crippen LogP contribution is -2.35. The zero-order valence-corrected chi connectivity index (χ0v) is 17.0. The van der Waals surface area contributed by atoms with Gasteiger partial charge in [-0.2, -0.15) is 0 Å². The van der Waals surface area contributed by atoms with E-state index in [2.05, 4.69) is 40.4 Å². The van der Waals surface area contributed by atoms with Gasteiger partial charge in [0.25, 0.3) is 5.91 Å². The SMILES string of the molecule is CSc1cccc(CN2CCCN(C(=O)c3cccc4cccnc34)CC2)c1. The second-order valence-corrected chi connectivity index (χ2v) is 8.03. The summed E-state index contributed by atoms with van der Waals surface area (Å²) in [4.78, 5) is 23.4. The number of amides is 1. The highest BCUT2D eigenvalue weighted by Gasteiger charge is 2.22. The van der Waals surface area contributed by atoms with Crippen molar-refractivity contribution in [1.82, 2.24) is 14.8 Å². The Morgan fingerprint density at radius 1 is 1.04 bits per heavy atom. The van der Waals surface area contributed by atoms with Gasteiger partial charge in [-0.1, -0.05) is 30.3 Å². The lowest BCUT2D eigenvalue weighted by atomic mass is 10.1. The maximum atomic E-state index is 13.2. The average molecular weight is 392 g/mol. The Bertz CT molecular complexity index is 969. The number of fused-ring (bicyclic) bond motifs is 1. The van der Waals surface area contributed by atoms with Crippen molar-refractivity contribution >= 4 is 28.6 Å². The molecule has 2 heterocycles. The highest BCUT2D eigenvalue weighted by molar-refractivity contribution is 7.98. The lowest BCUT2D eigenvalue weighted by Gasteiger charge is -2.22. The summed E-state index contributed by atoms with van der Waals surface area (Å²) in [6.07, 6.45) is 4.86. The molecule has 1 aliphatic heterocycles. The van der Waals surface area contributed by atoms with E-state index in [1.165, 1.54) is 10.5 Å². The van der Waals surface area contributed by atoms with E-state index in [9.17, 15) is 4.79 Å². The van der Waals surface area contributed by atoms with Crippen LogP contribution in [0.15, 0.2) is 65.7 Å². The molecule has 1 amide bonds. The van der Waals surface area contributed by atoms with Gasteiger partial charge in [0.05, 0.1) is 11.1 Å². The second-order valence-electron chi connectivity index (χ2n) is 7.15. The number of aromatic nitrogens is 1. The Balaban J connectivity index is 1.45. The first-order valence-electron chi connectivity index (χ1n) is 9.73.